The minimum absolute atomic E-state index is 0.783. The van der Waals surface area contributed by atoms with Crippen molar-refractivity contribution < 1.29 is 4.74 Å². The van der Waals surface area contributed by atoms with Crippen molar-refractivity contribution in [2.24, 2.45) is 0 Å². The van der Waals surface area contributed by atoms with E-state index in [4.69, 9.17) is 4.74 Å². The monoisotopic (exact) mass is 251 g/mol. The van der Waals surface area contributed by atoms with Crippen LogP contribution in [0.25, 0.3) is 0 Å². The third kappa shape index (κ3) is 5.47. The Kier molecular flexibility index (Phi) is 7.37. The third-order valence-electron chi connectivity index (χ3n) is 2.75. The summed E-state index contributed by atoms with van der Waals surface area (Å²) in [6, 6.07) is 6.13. The van der Waals surface area contributed by atoms with Gasteiger partial charge in [0.25, 0.3) is 0 Å². The Labute approximate surface area is 110 Å². The van der Waals surface area contributed by atoms with Crippen LogP contribution < -0.4 is 5.32 Å². The number of pyridine rings is 1. The minimum atomic E-state index is 0.783. The van der Waals surface area contributed by atoms with E-state index in [2.05, 4.69) is 41.2 Å². The van der Waals surface area contributed by atoms with E-state index in [-0.39, 0.29) is 0 Å². The summed E-state index contributed by atoms with van der Waals surface area (Å²) in [7, 11) is 0. The summed E-state index contributed by atoms with van der Waals surface area (Å²) in [6.45, 7) is 11.6. The maximum Gasteiger partial charge on any atom is 0.126 e. The van der Waals surface area contributed by atoms with Gasteiger partial charge in [0, 0.05) is 26.2 Å². The molecule has 1 heterocycles. The average Bonchev–Trinajstić information content (AvgIpc) is 2.38. The normalized spacial score (nSPS) is 10.9. The van der Waals surface area contributed by atoms with E-state index in [1.165, 1.54) is 0 Å². The highest BCUT2D eigenvalue weighted by Crippen LogP contribution is 2.07. The molecule has 1 aromatic rings. The Morgan fingerprint density at radius 3 is 2.78 bits per heavy atom. The van der Waals surface area contributed by atoms with Gasteiger partial charge in [-0.3, -0.25) is 4.90 Å². The number of rotatable bonds is 9. The van der Waals surface area contributed by atoms with E-state index in [9.17, 15) is 0 Å². The summed E-state index contributed by atoms with van der Waals surface area (Å²) in [5.74, 6) is 0.955. The predicted octanol–water partition coefficient (Wildman–Crippen LogP) is 2.37. The van der Waals surface area contributed by atoms with Crippen LogP contribution in [-0.2, 0) is 11.3 Å². The number of likely N-dealkylation sites (N-methyl/N-ethyl adjacent to an activating group) is 1. The van der Waals surface area contributed by atoms with Crippen molar-refractivity contribution in [3.05, 3.63) is 23.9 Å². The molecule has 0 radical (unpaired) electrons. The number of aromatic nitrogens is 1. The Bertz CT molecular complexity index is 331. The molecule has 0 saturated heterocycles. The van der Waals surface area contributed by atoms with Crippen molar-refractivity contribution in [1.82, 2.24) is 9.88 Å². The first-order valence-corrected chi connectivity index (χ1v) is 6.80. The second-order valence-corrected chi connectivity index (χ2v) is 4.11. The highest BCUT2D eigenvalue weighted by molar-refractivity contribution is 5.34. The largest absolute Gasteiger partial charge is 0.380 e. The molecule has 1 N–H and O–H groups in total. The topological polar surface area (TPSA) is 37.4 Å². The first-order valence-electron chi connectivity index (χ1n) is 6.80. The zero-order valence-electron chi connectivity index (χ0n) is 11.8. The third-order valence-corrected chi connectivity index (χ3v) is 2.75. The fourth-order valence-electron chi connectivity index (χ4n) is 1.76. The van der Waals surface area contributed by atoms with Crippen molar-refractivity contribution in [1.29, 1.82) is 0 Å². The lowest BCUT2D eigenvalue weighted by Crippen LogP contribution is -2.27. The molecule has 0 aliphatic rings. The van der Waals surface area contributed by atoms with Crippen molar-refractivity contribution >= 4 is 5.82 Å². The van der Waals surface area contributed by atoms with Crippen LogP contribution in [0.1, 0.15) is 26.5 Å². The molecule has 102 valence electrons. The van der Waals surface area contributed by atoms with E-state index in [0.29, 0.717) is 0 Å². The number of ether oxygens (including phenoxy) is 1. The molecule has 0 aliphatic carbocycles. The number of hydrogen-bond donors (Lipinski definition) is 1. The first-order chi connectivity index (χ1) is 8.80. The van der Waals surface area contributed by atoms with Crippen LogP contribution in [0.4, 0.5) is 5.82 Å². The van der Waals surface area contributed by atoms with E-state index in [0.717, 1.165) is 50.9 Å². The van der Waals surface area contributed by atoms with Gasteiger partial charge in [0.1, 0.15) is 5.82 Å². The van der Waals surface area contributed by atoms with E-state index in [1.54, 1.807) is 0 Å². The van der Waals surface area contributed by atoms with E-state index >= 15 is 0 Å². The van der Waals surface area contributed by atoms with Gasteiger partial charge in [-0.2, -0.15) is 0 Å². The highest BCUT2D eigenvalue weighted by atomic mass is 16.5. The van der Waals surface area contributed by atoms with Gasteiger partial charge in [0.2, 0.25) is 0 Å². The van der Waals surface area contributed by atoms with Crippen LogP contribution in [0.2, 0.25) is 0 Å². The summed E-state index contributed by atoms with van der Waals surface area (Å²) in [5.41, 5.74) is 1.10. The molecule has 18 heavy (non-hydrogen) atoms. The van der Waals surface area contributed by atoms with E-state index < -0.39 is 0 Å². The van der Waals surface area contributed by atoms with Gasteiger partial charge in [-0.05, 0) is 32.5 Å². The molecule has 0 aliphatic heterocycles. The van der Waals surface area contributed by atoms with Crippen molar-refractivity contribution in [2.45, 2.75) is 27.3 Å². The molecule has 0 atom stereocenters. The molecule has 0 aromatic carbocycles. The van der Waals surface area contributed by atoms with Crippen molar-refractivity contribution in [3.63, 3.8) is 0 Å². The molecule has 0 unspecified atom stereocenters. The number of anilines is 1. The number of nitrogens with zero attached hydrogens (tertiary/aromatic N) is 2. The van der Waals surface area contributed by atoms with Crippen LogP contribution in [0.15, 0.2) is 18.2 Å². The fourth-order valence-corrected chi connectivity index (χ4v) is 1.76. The molecule has 1 aromatic heterocycles. The first kappa shape index (κ1) is 14.9. The lowest BCUT2D eigenvalue weighted by molar-refractivity contribution is 0.112. The van der Waals surface area contributed by atoms with Crippen LogP contribution in [0, 0.1) is 0 Å². The molecule has 0 amide bonds. The molecule has 0 fully saturated rings. The summed E-state index contributed by atoms with van der Waals surface area (Å²) in [6.07, 6.45) is 0. The molecule has 4 nitrogen and oxygen atoms in total. The highest BCUT2D eigenvalue weighted by Gasteiger charge is 2.05. The van der Waals surface area contributed by atoms with Gasteiger partial charge in [0.05, 0.1) is 12.3 Å². The van der Waals surface area contributed by atoms with Crippen molar-refractivity contribution in [2.75, 3.05) is 38.2 Å². The van der Waals surface area contributed by atoms with Gasteiger partial charge in [-0.1, -0.05) is 13.0 Å². The SMILES string of the molecule is CCNc1cccc(CN(CC)CCOCC)n1. The van der Waals surface area contributed by atoms with Gasteiger partial charge >= 0.3 is 0 Å². The lowest BCUT2D eigenvalue weighted by atomic mass is 10.3. The van der Waals surface area contributed by atoms with Gasteiger partial charge in [-0.15, -0.1) is 0 Å². The Morgan fingerprint density at radius 2 is 2.11 bits per heavy atom. The van der Waals surface area contributed by atoms with Gasteiger partial charge in [0.15, 0.2) is 0 Å². The molecular weight excluding hydrogens is 226 g/mol. The van der Waals surface area contributed by atoms with E-state index in [1.807, 2.05) is 13.0 Å². The van der Waals surface area contributed by atoms with Crippen LogP contribution in [0.5, 0.6) is 0 Å². The van der Waals surface area contributed by atoms with Crippen LogP contribution >= 0.6 is 0 Å². The zero-order valence-corrected chi connectivity index (χ0v) is 11.8. The minimum Gasteiger partial charge on any atom is -0.380 e. The summed E-state index contributed by atoms with van der Waals surface area (Å²) >= 11 is 0. The maximum atomic E-state index is 5.39. The number of nitrogens with one attached hydrogen (secondary N) is 1. The molecule has 0 bridgehead atoms. The second kappa shape index (κ2) is 8.89. The van der Waals surface area contributed by atoms with Gasteiger partial charge in [-0.25, -0.2) is 4.98 Å². The Hall–Kier alpha value is -1.13. The molecule has 0 saturated carbocycles. The number of hydrogen-bond acceptors (Lipinski definition) is 4. The Balaban J connectivity index is 2.49. The standard InChI is InChI=1S/C14H25N3O/c1-4-15-14-9-7-8-13(16-14)12-17(5-2)10-11-18-6-3/h7-9H,4-6,10-12H2,1-3H3,(H,15,16). The van der Waals surface area contributed by atoms with Crippen LogP contribution in [-0.4, -0.2) is 42.7 Å². The quantitative estimate of drug-likeness (QED) is 0.684. The maximum absolute atomic E-state index is 5.39. The molecule has 4 heteroatoms. The lowest BCUT2D eigenvalue weighted by Gasteiger charge is -2.20. The molecule has 0 spiro atoms. The van der Waals surface area contributed by atoms with Crippen molar-refractivity contribution in [3.8, 4) is 0 Å². The Morgan fingerprint density at radius 1 is 1.28 bits per heavy atom. The zero-order chi connectivity index (χ0) is 13.2. The molecular formula is C14H25N3O. The molecule has 1 rings (SSSR count). The summed E-state index contributed by atoms with van der Waals surface area (Å²) in [5, 5.41) is 3.24. The average molecular weight is 251 g/mol. The summed E-state index contributed by atoms with van der Waals surface area (Å²) in [4.78, 5) is 6.93. The second-order valence-electron chi connectivity index (χ2n) is 4.11. The summed E-state index contributed by atoms with van der Waals surface area (Å²) < 4.78 is 5.39. The fraction of sp³-hybridized carbons (Fsp3) is 0.643. The van der Waals surface area contributed by atoms with Crippen LogP contribution in [0.3, 0.4) is 0 Å². The smallest absolute Gasteiger partial charge is 0.126 e. The predicted molar refractivity (Wildman–Crippen MR) is 75.8 cm³/mol. The van der Waals surface area contributed by atoms with Gasteiger partial charge < -0.3 is 10.1 Å².